The predicted octanol–water partition coefficient (Wildman–Crippen LogP) is 0.950. The zero-order valence-corrected chi connectivity index (χ0v) is 11.6. The van der Waals surface area contributed by atoms with Gasteiger partial charge in [-0.2, -0.15) is 0 Å². The number of imidazole rings is 1. The fourth-order valence-electron chi connectivity index (χ4n) is 1.87. The molecule has 0 radical (unpaired) electrons. The first-order valence-corrected chi connectivity index (χ1v) is 6.60. The van der Waals surface area contributed by atoms with Gasteiger partial charge in [0.15, 0.2) is 0 Å². The van der Waals surface area contributed by atoms with Crippen LogP contribution in [-0.4, -0.2) is 35.1 Å². The maximum Gasteiger partial charge on any atom is 0.240 e. The first-order chi connectivity index (χ1) is 8.65. The van der Waals surface area contributed by atoms with Gasteiger partial charge in [-0.15, -0.1) is 0 Å². The van der Waals surface area contributed by atoms with E-state index in [1.165, 1.54) is 0 Å². The minimum absolute atomic E-state index is 0.0496. The van der Waals surface area contributed by atoms with Gasteiger partial charge in [-0.3, -0.25) is 4.79 Å². The highest BCUT2D eigenvalue weighted by Gasteiger charge is 2.07. The number of likely N-dealkylation sites (N-methyl/N-ethyl adjacent to an activating group) is 1. The van der Waals surface area contributed by atoms with E-state index < -0.39 is 0 Å². The molecule has 0 aliphatic carbocycles. The SMILES string of the molecule is CCCC(C)NC(=O)Cn1cnc(CCNC)c1. The number of carbonyl (C=O) groups excluding carboxylic acids is 1. The summed E-state index contributed by atoms with van der Waals surface area (Å²) in [5.74, 6) is 0.0496. The van der Waals surface area contributed by atoms with E-state index in [0.717, 1.165) is 31.5 Å². The highest BCUT2D eigenvalue weighted by molar-refractivity contribution is 5.75. The molecule has 1 unspecified atom stereocenters. The lowest BCUT2D eigenvalue weighted by molar-refractivity contribution is -0.122. The van der Waals surface area contributed by atoms with Crippen LogP contribution in [0, 0.1) is 0 Å². The molecule has 0 saturated carbocycles. The Morgan fingerprint density at radius 1 is 1.56 bits per heavy atom. The Bertz CT molecular complexity index is 362. The second-order valence-electron chi connectivity index (χ2n) is 4.65. The van der Waals surface area contributed by atoms with E-state index in [0.29, 0.717) is 6.54 Å². The third-order valence-electron chi connectivity index (χ3n) is 2.77. The summed E-state index contributed by atoms with van der Waals surface area (Å²) in [6, 6.07) is 0.245. The van der Waals surface area contributed by atoms with Gasteiger partial charge < -0.3 is 15.2 Å². The molecule has 1 rings (SSSR count). The lowest BCUT2D eigenvalue weighted by Gasteiger charge is -2.12. The molecule has 5 nitrogen and oxygen atoms in total. The van der Waals surface area contributed by atoms with Crippen molar-refractivity contribution in [3.05, 3.63) is 18.2 Å². The van der Waals surface area contributed by atoms with Crippen molar-refractivity contribution in [2.75, 3.05) is 13.6 Å². The van der Waals surface area contributed by atoms with Gasteiger partial charge >= 0.3 is 0 Å². The molecular formula is C13H24N4O. The molecule has 1 heterocycles. The first kappa shape index (κ1) is 14.7. The molecule has 5 heteroatoms. The van der Waals surface area contributed by atoms with Crippen LogP contribution < -0.4 is 10.6 Å². The normalized spacial score (nSPS) is 12.4. The van der Waals surface area contributed by atoms with Crippen molar-refractivity contribution in [2.24, 2.45) is 0 Å². The molecule has 1 amide bonds. The average molecular weight is 252 g/mol. The lowest BCUT2D eigenvalue weighted by Crippen LogP contribution is -2.34. The monoisotopic (exact) mass is 252 g/mol. The van der Waals surface area contributed by atoms with Gasteiger partial charge in [-0.1, -0.05) is 13.3 Å². The van der Waals surface area contributed by atoms with Gasteiger partial charge in [0, 0.05) is 25.2 Å². The molecule has 0 aliphatic rings. The topological polar surface area (TPSA) is 59.0 Å². The number of aromatic nitrogens is 2. The van der Waals surface area contributed by atoms with Gasteiger partial charge in [0.05, 0.1) is 12.0 Å². The van der Waals surface area contributed by atoms with Gasteiger partial charge in [-0.25, -0.2) is 4.98 Å². The van der Waals surface area contributed by atoms with E-state index in [1.807, 2.05) is 24.7 Å². The molecule has 0 saturated heterocycles. The minimum Gasteiger partial charge on any atom is -0.352 e. The number of nitrogens with zero attached hydrogens (tertiary/aromatic N) is 2. The van der Waals surface area contributed by atoms with Crippen molar-refractivity contribution in [3.63, 3.8) is 0 Å². The van der Waals surface area contributed by atoms with Crippen molar-refractivity contribution in [1.29, 1.82) is 0 Å². The first-order valence-electron chi connectivity index (χ1n) is 6.60. The molecule has 2 N–H and O–H groups in total. The summed E-state index contributed by atoms with van der Waals surface area (Å²) in [7, 11) is 1.92. The molecule has 102 valence electrons. The quantitative estimate of drug-likeness (QED) is 0.724. The van der Waals surface area contributed by atoms with Crippen LogP contribution in [0.3, 0.4) is 0 Å². The summed E-state index contributed by atoms with van der Waals surface area (Å²) in [4.78, 5) is 16.0. The Kier molecular flexibility index (Phi) is 6.43. The van der Waals surface area contributed by atoms with E-state index >= 15 is 0 Å². The van der Waals surface area contributed by atoms with Crippen LogP contribution >= 0.6 is 0 Å². The fourth-order valence-corrected chi connectivity index (χ4v) is 1.87. The molecule has 0 spiro atoms. The second kappa shape index (κ2) is 7.87. The Morgan fingerprint density at radius 3 is 3.00 bits per heavy atom. The van der Waals surface area contributed by atoms with Gasteiger partial charge in [0.25, 0.3) is 0 Å². The van der Waals surface area contributed by atoms with E-state index in [2.05, 4.69) is 22.5 Å². The van der Waals surface area contributed by atoms with Gasteiger partial charge in [0.1, 0.15) is 6.54 Å². The summed E-state index contributed by atoms with van der Waals surface area (Å²) >= 11 is 0. The van der Waals surface area contributed by atoms with Crippen LogP contribution in [0.4, 0.5) is 0 Å². The van der Waals surface area contributed by atoms with Crippen molar-refractivity contribution in [1.82, 2.24) is 20.2 Å². The number of rotatable bonds is 8. The molecule has 1 aromatic heterocycles. The fraction of sp³-hybridized carbons (Fsp3) is 0.692. The highest BCUT2D eigenvalue weighted by atomic mass is 16.2. The van der Waals surface area contributed by atoms with E-state index in [-0.39, 0.29) is 11.9 Å². The number of hydrogen-bond acceptors (Lipinski definition) is 3. The predicted molar refractivity (Wildman–Crippen MR) is 72.4 cm³/mol. The van der Waals surface area contributed by atoms with Crippen LogP contribution in [0.1, 0.15) is 32.4 Å². The Balaban J connectivity index is 2.37. The minimum atomic E-state index is 0.0496. The smallest absolute Gasteiger partial charge is 0.240 e. The standard InChI is InChI=1S/C13H24N4O/c1-4-5-11(2)16-13(18)9-17-8-12(15-10-17)6-7-14-3/h8,10-11,14H,4-7,9H2,1-3H3,(H,16,18). The van der Waals surface area contributed by atoms with Gasteiger partial charge in [-0.05, 0) is 20.4 Å². The average Bonchev–Trinajstić information content (AvgIpc) is 2.74. The molecule has 1 atom stereocenters. The van der Waals surface area contributed by atoms with Crippen molar-refractivity contribution in [2.45, 2.75) is 45.7 Å². The zero-order chi connectivity index (χ0) is 13.4. The lowest BCUT2D eigenvalue weighted by atomic mass is 10.2. The molecule has 0 bridgehead atoms. The zero-order valence-electron chi connectivity index (χ0n) is 11.6. The largest absolute Gasteiger partial charge is 0.352 e. The summed E-state index contributed by atoms with van der Waals surface area (Å²) in [6.45, 7) is 5.40. The maximum absolute atomic E-state index is 11.7. The summed E-state index contributed by atoms with van der Waals surface area (Å²) < 4.78 is 1.83. The Morgan fingerprint density at radius 2 is 2.33 bits per heavy atom. The van der Waals surface area contributed by atoms with Gasteiger partial charge in [0.2, 0.25) is 5.91 Å². The van der Waals surface area contributed by atoms with Crippen molar-refractivity contribution < 1.29 is 4.79 Å². The van der Waals surface area contributed by atoms with E-state index in [1.54, 1.807) is 6.33 Å². The molecule has 0 aliphatic heterocycles. The van der Waals surface area contributed by atoms with Crippen LogP contribution in [0.25, 0.3) is 0 Å². The van der Waals surface area contributed by atoms with E-state index in [9.17, 15) is 4.79 Å². The summed E-state index contributed by atoms with van der Waals surface area (Å²) in [6.07, 6.45) is 6.64. The third kappa shape index (κ3) is 5.31. The number of nitrogens with one attached hydrogen (secondary N) is 2. The van der Waals surface area contributed by atoms with Crippen LogP contribution in [0.2, 0.25) is 0 Å². The van der Waals surface area contributed by atoms with E-state index in [4.69, 9.17) is 0 Å². The molecular weight excluding hydrogens is 228 g/mol. The van der Waals surface area contributed by atoms with Crippen LogP contribution in [0.5, 0.6) is 0 Å². The maximum atomic E-state index is 11.7. The Hall–Kier alpha value is -1.36. The second-order valence-corrected chi connectivity index (χ2v) is 4.65. The summed E-state index contributed by atoms with van der Waals surface area (Å²) in [5, 5.41) is 6.06. The third-order valence-corrected chi connectivity index (χ3v) is 2.77. The Labute approximate surface area is 109 Å². The number of amides is 1. The molecule has 0 aromatic carbocycles. The summed E-state index contributed by atoms with van der Waals surface area (Å²) in [5.41, 5.74) is 1.01. The van der Waals surface area contributed by atoms with Crippen LogP contribution in [0.15, 0.2) is 12.5 Å². The van der Waals surface area contributed by atoms with Crippen molar-refractivity contribution >= 4 is 5.91 Å². The highest BCUT2D eigenvalue weighted by Crippen LogP contribution is 1.98. The number of hydrogen-bond donors (Lipinski definition) is 2. The van der Waals surface area contributed by atoms with Crippen molar-refractivity contribution in [3.8, 4) is 0 Å². The molecule has 0 fully saturated rings. The molecule has 18 heavy (non-hydrogen) atoms. The number of carbonyl (C=O) groups is 1. The van der Waals surface area contributed by atoms with Crippen LogP contribution in [-0.2, 0) is 17.8 Å². The molecule has 1 aromatic rings.